The van der Waals surface area contributed by atoms with Gasteiger partial charge in [0, 0.05) is 18.1 Å². The molecule has 2 aromatic rings. The minimum absolute atomic E-state index is 0.154. The van der Waals surface area contributed by atoms with E-state index >= 15 is 0 Å². The standard InChI is InChI=1S/C25H34ClN3O4S/c1-5-7-15-27-25(31)23(6-2)28(17-20-11-13-21(26)14-12-20)24(30)18-29(34(4,32)33)22-10-8-9-19(3)16-22/h8-14,16,23H,5-7,15,17-18H2,1-4H3,(H,27,31). The van der Waals surface area contributed by atoms with Gasteiger partial charge in [-0.3, -0.25) is 13.9 Å². The first-order valence-electron chi connectivity index (χ1n) is 11.4. The molecule has 0 aliphatic heterocycles. The molecular weight excluding hydrogens is 474 g/mol. The van der Waals surface area contributed by atoms with Crippen LogP contribution in [-0.4, -0.2) is 50.5 Å². The minimum atomic E-state index is -3.74. The predicted molar refractivity (Wildman–Crippen MR) is 137 cm³/mol. The van der Waals surface area contributed by atoms with Gasteiger partial charge in [0.05, 0.1) is 11.9 Å². The van der Waals surface area contributed by atoms with Gasteiger partial charge in [-0.25, -0.2) is 8.42 Å². The molecule has 0 fully saturated rings. The first-order valence-corrected chi connectivity index (χ1v) is 13.7. The summed E-state index contributed by atoms with van der Waals surface area (Å²) in [6.45, 7) is 5.99. The largest absolute Gasteiger partial charge is 0.354 e. The minimum Gasteiger partial charge on any atom is -0.354 e. The first-order chi connectivity index (χ1) is 16.1. The molecule has 1 atom stereocenters. The van der Waals surface area contributed by atoms with Crippen molar-refractivity contribution >= 4 is 39.1 Å². The highest BCUT2D eigenvalue weighted by atomic mass is 35.5. The molecule has 0 heterocycles. The maximum Gasteiger partial charge on any atom is 0.244 e. The van der Waals surface area contributed by atoms with Gasteiger partial charge < -0.3 is 10.2 Å². The molecule has 0 aliphatic rings. The maximum atomic E-state index is 13.6. The van der Waals surface area contributed by atoms with Crippen molar-refractivity contribution in [3.8, 4) is 0 Å². The molecule has 0 bridgehead atoms. The Labute approximate surface area is 208 Å². The van der Waals surface area contributed by atoms with Crippen LogP contribution in [0.3, 0.4) is 0 Å². The highest BCUT2D eigenvalue weighted by Gasteiger charge is 2.31. The smallest absolute Gasteiger partial charge is 0.244 e. The molecule has 0 saturated heterocycles. The summed E-state index contributed by atoms with van der Waals surface area (Å²) in [5.74, 6) is -0.709. The fourth-order valence-corrected chi connectivity index (χ4v) is 4.58. The monoisotopic (exact) mass is 507 g/mol. The molecule has 2 amide bonds. The second-order valence-corrected chi connectivity index (χ2v) is 10.7. The first kappa shape index (κ1) is 27.7. The van der Waals surface area contributed by atoms with Gasteiger partial charge in [0.2, 0.25) is 21.8 Å². The number of rotatable bonds is 12. The topological polar surface area (TPSA) is 86.8 Å². The van der Waals surface area contributed by atoms with Gasteiger partial charge in [-0.15, -0.1) is 0 Å². The molecule has 9 heteroatoms. The molecule has 0 aliphatic carbocycles. The Kier molecular flexibility index (Phi) is 10.4. The summed E-state index contributed by atoms with van der Waals surface area (Å²) in [5, 5.41) is 3.47. The fourth-order valence-electron chi connectivity index (χ4n) is 3.61. The molecular formula is C25H34ClN3O4S. The Morgan fingerprint density at radius 2 is 1.76 bits per heavy atom. The second-order valence-electron chi connectivity index (χ2n) is 8.33. The molecule has 0 spiro atoms. The van der Waals surface area contributed by atoms with Crippen LogP contribution in [0.5, 0.6) is 0 Å². The van der Waals surface area contributed by atoms with E-state index in [0.717, 1.165) is 34.5 Å². The van der Waals surface area contributed by atoms with Crippen molar-refractivity contribution in [2.24, 2.45) is 0 Å². The van der Waals surface area contributed by atoms with Crippen molar-refractivity contribution in [1.29, 1.82) is 0 Å². The molecule has 1 unspecified atom stereocenters. The zero-order valence-electron chi connectivity index (χ0n) is 20.3. The summed E-state index contributed by atoms with van der Waals surface area (Å²) >= 11 is 6.00. The van der Waals surface area contributed by atoms with E-state index in [-0.39, 0.29) is 12.5 Å². The Hall–Kier alpha value is -2.58. The van der Waals surface area contributed by atoms with E-state index in [0.29, 0.717) is 23.7 Å². The number of hydrogen-bond acceptors (Lipinski definition) is 4. The van der Waals surface area contributed by atoms with E-state index in [2.05, 4.69) is 5.32 Å². The van der Waals surface area contributed by atoms with Crippen molar-refractivity contribution in [1.82, 2.24) is 10.2 Å². The van der Waals surface area contributed by atoms with E-state index in [9.17, 15) is 18.0 Å². The van der Waals surface area contributed by atoms with Crippen LogP contribution in [0.15, 0.2) is 48.5 Å². The maximum absolute atomic E-state index is 13.6. The number of halogens is 1. The number of benzene rings is 2. The molecule has 186 valence electrons. The Morgan fingerprint density at radius 1 is 1.09 bits per heavy atom. The van der Waals surface area contributed by atoms with Crippen LogP contribution in [0.1, 0.15) is 44.2 Å². The van der Waals surface area contributed by atoms with E-state index < -0.39 is 28.5 Å². The average molecular weight is 508 g/mol. The highest BCUT2D eigenvalue weighted by Crippen LogP contribution is 2.21. The van der Waals surface area contributed by atoms with Gasteiger partial charge in [-0.1, -0.05) is 56.1 Å². The molecule has 1 N–H and O–H groups in total. The van der Waals surface area contributed by atoms with Gasteiger partial charge in [0.15, 0.2) is 0 Å². The second kappa shape index (κ2) is 12.8. The number of nitrogens with one attached hydrogen (secondary N) is 1. The number of carbonyl (C=O) groups excluding carboxylic acids is 2. The molecule has 0 saturated carbocycles. The van der Waals surface area contributed by atoms with Crippen molar-refractivity contribution in [3.05, 3.63) is 64.7 Å². The zero-order valence-corrected chi connectivity index (χ0v) is 21.8. The third kappa shape index (κ3) is 8.02. The van der Waals surface area contributed by atoms with Crippen LogP contribution in [0.25, 0.3) is 0 Å². The molecule has 0 radical (unpaired) electrons. The van der Waals surface area contributed by atoms with Crippen LogP contribution >= 0.6 is 11.6 Å². The highest BCUT2D eigenvalue weighted by molar-refractivity contribution is 7.92. The quantitative estimate of drug-likeness (QED) is 0.437. The van der Waals surface area contributed by atoms with Gasteiger partial charge in [0.1, 0.15) is 12.6 Å². The summed E-state index contributed by atoms with van der Waals surface area (Å²) in [6.07, 6.45) is 3.23. The number of sulfonamides is 1. The normalized spacial score (nSPS) is 12.1. The molecule has 2 rings (SSSR count). The van der Waals surface area contributed by atoms with Crippen LogP contribution in [0.2, 0.25) is 5.02 Å². The van der Waals surface area contributed by atoms with Gasteiger partial charge >= 0.3 is 0 Å². The number of nitrogens with zero attached hydrogens (tertiary/aromatic N) is 2. The number of unbranched alkanes of at least 4 members (excludes halogenated alkanes) is 1. The van der Waals surface area contributed by atoms with E-state index in [1.165, 1.54) is 4.90 Å². The van der Waals surface area contributed by atoms with E-state index in [1.54, 1.807) is 42.5 Å². The van der Waals surface area contributed by atoms with Crippen molar-refractivity contribution in [3.63, 3.8) is 0 Å². The summed E-state index contributed by atoms with van der Waals surface area (Å²) < 4.78 is 26.3. The third-order valence-corrected chi connectivity index (χ3v) is 6.84. The number of hydrogen-bond donors (Lipinski definition) is 1. The summed E-state index contributed by atoms with van der Waals surface area (Å²) in [6, 6.07) is 13.2. The Bertz CT molecular complexity index is 1070. The van der Waals surface area contributed by atoms with Crippen LogP contribution in [0, 0.1) is 6.92 Å². The van der Waals surface area contributed by atoms with Crippen LogP contribution in [0.4, 0.5) is 5.69 Å². The molecule has 0 aromatic heterocycles. The van der Waals surface area contributed by atoms with Crippen molar-refractivity contribution < 1.29 is 18.0 Å². The number of aryl methyl sites for hydroxylation is 1. The summed E-state index contributed by atoms with van der Waals surface area (Å²) in [7, 11) is -3.74. The number of carbonyl (C=O) groups is 2. The van der Waals surface area contributed by atoms with Crippen molar-refractivity contribution in [2.45, 2.75) is 52.6 Å². The lowest BCUT2D eigenvalue weighted by molar-refractivity contribution is -0.140. The zero-order chi connectivity index (χ0) is 25.3. The Morgan fingerprint density at radius 3 is 2.32 bits per heavy atom. The molecule has 2 aromatic carbocycles. The average Bonchev–Trinajstić information content (AvgIpc) is 2.78. The van der Waals surface area contributed by atoms with Crippen LogP contribution < -0.4 is 9.62 Å². The molecule has 7 nitrogen and oxygen atoms in total. The number of amides is 2. The lowest BCUT2D eigenvalue weighted by Gasteiger charge is -2.33. The third-order valence-electron chi connectivity index (χ3n) is 5.45. The lowest BCUT2D eigenvalue weighted by Crippen LogP contribution is -2.52. The predicted octanol–water partition coefficient (Wildman–Crippen LogP) is 4.14. The fraction of sp³-hybridized carbons (Fsp3) is 0.440. The van der Waals surface area contributed by atoms with Gasteiger partial charge in [-0.05, 0) is 55.2 Å². The summed E-state index contributed by atoms with van der Waals surface area (Å²) in [5.41, 5.74) is 2.07. The lowest BCUT2D eigenvalue weighted by atomic mass is 10.1. The van der Waals surface area contributed by atoms with Crippen LogP contribution in [-0.2, 0) is 26.2 Å². The van der Waals surface area contributed by atoms with Gasteiger partial charge in [-0.2, -0.15) is 0 Å². The Balaban J connectivity index is 2.39. The molecule has 34 heavy (non-hydrogen) atoms. The van der Waals surface area contributed by atoms with Gasteiger partial charge in [0.25, 0.3) is 0 Å². The summed E-state index contributed by atoms with van der Waals surface area (Å²) in [4.78, 5) is 28.0. The SMILES string of the molecule is CCCCNC(=O)C(CC)N(Cc1ccc(Cl)cc1)C(=O)CN(c1cccc(C)c1)S(C)(=O)=O. The number of anilines is 1. The van der Waals surface area contributed by atoms with Crippen molar-refractivity contribution in [2.75, 3.05) is 23.7 Å². The van der Waals surface area contributed by atoms with E-state index in [4.69, 9.17) is 11.6 Å². The van der Waals surface area contributed by atoms with E-state index in [1.807, 2.05) is 26.8 Å².